The van der Waals surface area contributed by atoms with Gasteiger partial charge in [0.25, 0.3) is 0 Å². The first kappa shape index (κ1) is 8.04. The summed E-state index contributed by atoms with van der Waals surface area (Å²) in [5.74, 6) is 0.968. The van der Waals surface area contributed by atoms with Crippen molar-refractivity contribution in [1.29, 1.82) is 0 Å². The first-order valence-corrected chi connectivity index (χ1v) is 4.27. The van der Waals surface area contributed by atoms with Gasteiger partial charge in [0.05, 0.1) is 0 Å². The van der Waals surface area contributed by atoms with Gasteiger partial charge in [-0.3, -0.25) is 0 Å². The highest BCUT2D eigenvalue weighted by atomic mass is 15.3. The van der Waals surface area contributed by atoms with Gasteiger partial charge in [-0.25, -0.2) is 9.50 Å². The summed E-state index contributed by atoms with van der Waals surface area (Å²) in [6.07, 6.45) is 3.82. The summed E-state index contributed by atoms with van der Waals surface area (Å²) in [6.45, 7) is 4.24. The zero-order valence-electron chi connectivity index (χ0n) is 7.73. The van der Waals surface area contributed by atoms with Gasteiger partial charge < -0.3 is 5.73 Å². The van der Waals surface area contributed by atoms with Crippen LogP contribution >= 0.6 is 0 Å². The number of hydrogen-bond acceptors (Lipinski definition) is 3. The van der Waals surface area contributed by atoms with E-state index in [1.165, 1.54) is 0 Å². The smallest absolute Gasteiger partial charge is 0.157 e. The number of nitrogens with zero attached hydrogens (tertiary/aromatic N) is 3. The predicted molar refractivity (Wildman–Crippen MR) is 51.5 cm³/mol. The number of hydrogen-bond donors (Lipinski definition) is 1. The Morgan fingerprint density at radius 3 is 2.92 bits per heavy atom. The fourth-order valence-corrected chi connectivity index (χ4v) is 1.21. The molecule has 2 aromatic heterocycles. The molecule has 13 heavy (non-hydrogen) atoms. The molecule has 0 amide bonds. The van der Waals surface area contributed by atoms with Gasteiger partial charge in [0.1, 0.15) is 5.82 Å². The van der Waals surface area contributed by atoms with Gasteiger partial charge in [0.15, 0.2) is 5.65 Å². The summed E-state index contributed by atoms with van der Waals surface area (Å²) in [7, 11) is 0. The van der Waals surface area contributed by atoms with Crippen LogP contribution in [0, 0.1) is 0 Å². The van der Waals surface area contributed by atoms with Crippen LogP contribution in [0.5, 0.6) is 0 Å². The number of anilines is 1. The Morgan fingerprint density at radius 2 is 2.23 bits per heavy atom. The van der Waals surface area contributed by atoms with Crippen LogP contribution in [-0.4, -0.2) is 14.6 Å². The van der Waals surface area contributed by atoms with E-state index >= 15 is 0 Å². The molecule has 0 radical (unpaired) electrons. The molecule has 0 spiro atoms. The van der Waals surface area contributed by atoms with Crippen molar-refractivity contribution in [2.24, 2.45) is 0 Å². The van der Waals surface area contributed by atoms with Gasteiger partial charge in [-0.1, -0.05) is 13.8 Å². The average molecular weight is 176 g/mol. The van der Waals surface area contributed by atoms with E-state index in [1.807, 2.05) is 12.4 Å². The molecule has 0 bridgehead atoms. The second-order valence-corrected chi connectivity index (χ2v) is 3.41. The second kappa shape index (κ2) is 2.73. The number of rotatable bonds is 1. The van der Waals surface area contributed by atoms with Crippen LogP contribution in [-0.2, 0) is 0 Å². The van der Waals surface area contributed by atoms with Crippen LogP contribution in [0.25, 0.3) is 5.65 Å². The van der Waals surface area contributed by atoms with E-state index in [4.69, 9.17) is 5.73 Å². The van der Waals surface area contributed by atoms with Gasteiger partial charge in [-0.05, 0) is 11.5 Å². The molecule has 0 aliphatic heterocycles. The Bertz CT molecular complexity index is 430. The normalized spacial score (nSPS) is 11.3. The topological polar surface area (TPSA) is 56.2 Å². The lowest BCUT2D eigenvalue weighted by atomic mass is 10.1. The molecule has 2 aromatic rings. The summed E-state index contributed by atoms with van der Waals surface area (Å²) < 4.78 is 1.71. The lowest BCUT2D eigenvalue weighted by Gasteiger charge is -2.03. The molecule has 4 heteroatoms. The monoisotopic (exact) mass is 176 g/mol. The van der Waals surface area contributed by atoms with E-state index < -0.39 is 0 Å². The molecule has 0 aromatic carbocycles. The van der Waals surface area contributed by atoms with Crippen molar-refractivity contribution in [2.75, 3.05) is 5.73 Å². The SMILES string of the molecule is CC(C)c1cnc2cc(N)nn2c1. The summed E-state index contributed by atoms with van der Waals surface area (Å²) in [5, 5.41) is 4.09. The van der Waals surface area contributed by atoms with Crippen molar-refractivity contribution in [2.45, 2.75) is 19.8 Å². The van der Waals surface area contributed by atoms with E-state index in [-0.39, 0.29) is 0 Å². The molecule has 2 rings (SSSR count). The third-order valence-corrected chi connectivity index (χ3v) is 2.02. The Labute approximate surface area is 76.4 Å². The van der Waals surface area contributed by atoms with Crippen LogP contribution in [0.4, 0.5) is 5.82 Å². The maximum absolute atomic E-state index is 5.54. The Kier molecular flexibility index (Phi) is 1.69. The molecule has 0 atom stereocenters. The molecule has 0 aliphatic carbocycles. The predicted octanol–water partition coefficient (Wildman–Crippen LogP) is 1.43. The average Bonchev–Trinajstić information content (AvgIpc) is 2.42. The first-order valence-electron chi connectivity index (χ1n) is 4.27. The summed E-state index contributed by atoms with van der Waals surface area (Å²) in [6, 6.07) is 1.75. The molecule has 0 saturated heterocycles. The van der Waals surface area contributed by atoms with Crippen molar-refractivity contribution >= 4 is 11.5 Å². The third kappa shape index (κ3) is 1.35. The molecule has 2 N–H and O–H groups in total. The molecule has 0 unspecified atom stereocenters. The number of nitrogens with two attached hydrogens (primary N) is 1. The highest BCUT2D eigenvalue weighted by Crippen LogP contribution is 2.13. The Balaban J connectivity index is 2.61. The van der Waals surface area contributed by atoms with E-state index in [0.29, 0.717) is 11.7 Å². The Hall–Kier alpha value is -1.58. The van der Waals surface area contributed by atoms with Gasteiger partial charge >= 0.3 is 0 Å². The van der Waals surface area contributed by atoms with Gasteiger partial charge in [0, 0.05) is 18.5 Å². The lowest BCUT2D eigenvalue weighted by molar-refractivity contribution is 0.822. The van der Waals surface area contributed by atoms with Crippen LogP contribution in [0.1, 0.15) is 25.3 Å². The minimum absolute atomic E-state index is 0.460. The molecule has 0 aliphatic rings. The maximum atomic E-state index is 5.54. The van der Waals surface area contributed by atoms with Crippen molar-refractivity contribution < 1.29 is 0 Å². The fraction of sp³-hybridized carbons (Fsp3) is 0.333. The summed E-state index contributed by atoms with van der Waals surface area (Å²) >= 11 is 0. The number of nitrogen functional groups attached to an aromatic ring is 1. The zero-order chi connectivity index (χ0) is 9.42. The summed E-state index contributed by atoms with van der Waals surface area (Å²) in [5.41, 5.74) is 7.50. The molecule has 0 saturated carbocycles. The van der Waals surface area contributed by atoms with Crippen molar-refractivity contribution in [3.05, 3.63) is 24.0 Å². The van der Waals surface area contributed by atoms with Crippen molar-refractivity contribution in [3.8, 4) is 0 Å². The largest absolute Gasteiger partial charge is 0.382 e. The highest BCUT2D eigenvalue weighted by Gasteiger charge is 2.03. The van der Waals surface area contributed by atoms with E-state index in [0.717, 1.165) is 11.2 Å². The third-order valence-electron chi connectivity index (χ3n) is 2.02. The van der Waals surface area contributed by atoms with E-state index in [2.05, 4.69) is 23.9 Å². The molecular weight excluding hydrogens is 164 g/mol. The maximum Gasteiger partial charge on any atom is 0.157 e. The fourth-order valence-electron chi connectivity index (χ4n) is 1.21. The van der Waals surface area contributed by atoms with Gasteiger partial charge in [-0.2, -0.15) is 0 Å². The zero-order valence-corrected chi connectivity index (χ0v) is 7.73. The van der Waals surface area contributed by atoms with Crippen molar-refractivity contribution in [3.63, 3.8) is 0 Å². The first-order chi connectivity index (χ1) is 6.16. The molecule has 68 valence electrons. The van der Waals surface area contributed by atoms with Crippen LogP contribution in [0.2, 0.25) is 0 Å². The summed E-state index contributed by atoms with van der Waals surface area (Å²) in [4.78, 5) is 4.24. The molecular formula is C9H12N4. The minimum atomic E-state index is 0.460. The van der Waals surface area contributed by atoms with Crippen LogP contribution < -0.4 is 5.73 Å². The van der Waals surface area contributed by atoms with Gasteiger partial charge in [-0.15, -0.1) is 5.10 Å². The second-order valence-electron chi connectivity index (χ2n) is 3.41. The molecule has 4 nitrogen and oxygen atoms in total. The number of aromatic nitrogens is 3. The standard InChI is InChI=1S/C9H12N4/c1-6(2)7-4-11-9-3-8(10)12-13(9)5-7/h3-6H,1-2H3,(H2,10,12). The lowest BCUT2D eigenvalue weighted by Crippen LogP contribution is -1.96. The van der Waals surface area contributed by atoms with Crippen molar-refractivity contribution in [1.82, 2.24) is 14.6 Å². The Morgan fingerprint density at radius 1 is 1.46 bits per heavy atom. The quantitative estimate of drug-likeness (QED) is 0.715. The number of fused-ring (bicyclic) bond motifs is 1. The minimum Gasteiger partial charge on any atom is -0.382 e. The molecule has 0 fully saturated rings. The molecule has 2 heterocycles. The van der Waals surface area contributed by atoms with Crippen LogP contribution in [0.15, 0.2) is 18.5 Å². The van der Waals surface area contributed by atoms with E-state index in [1.54, 1.807) is 10.6 Å². The van der Waals surface area contributed by atoms with Crippen LogP contribution in [0.3, 0.4) is 0 Å². The highest BCUT2D eigenvalue weighted by molar-refractivity contribution is 5.47. The van der Waals surface area contributed by atoms with E-state index in [9.17, 15) is 0 Å². The van der Waals surface area contributed by atoms with Gasteiger partial charge in [0.2, 0.25) is 0 Å².